The molecule has 0 spiro atoms. The van der Waals surface area contributed by atoms with Crippen LogP contribution in [-0.2, 0) is 9.59 Å². The van der Waals surface area contributed by atoms with Gasteiger partial charge in [0.05, 0.1) is 17.7 Å². The lowest BCUT2D eigenvalue weighted by molar-refractivity contribution is -0.132. The fourth-order valence-electron chi connectivity index (χ4n) is 3.60. The molecule has 1 aliphatic rings. The third-order valence-corrected chi connectivity index (χ3v) is 5.90. The lowest BCUT2D eigenvalue weighted by Crippen LogP contribution is -2.29. The molecule has 0 radical (unpaired) electrons. The molecule has 0 saturated carbocycles. The van der Waals surface area contributed by atoms with E-state index < -0.39 is 17.7 Å². The average Bonchev–Trinajstić information content (AvgIpc) is 3.29. The predicted molar refractivity (Wildman–Crippen MR) is 123 cm³/mol. The molecule has 0 aliphatic carbocycles. The van der Waals surface area contributed by atoms with Crippen molar-refractivity contribution in [2.75, 3.05) is 4.90 Å². The summed E-state index contributed by atoms with van der Waals surface area (Å²) in [6, 6.07) is 13.5. The molecule has 4 rings (SSSR count). The lowest BCUT2D eigenvalue weighted by Gasteiger charge is -2.22. The zero-order chi connectivity index (χ0) is 23.0. The Morgan fingerprint density at radius 1 is 1.03 bits per heavy atom. The van der Waals surface area contributed by atoms with Crippen molar-refractivity contribution in [1.82, 2.24) is 10.2 Å². The first-order chi connectivity index (χ1) is 15.3. The number of ether oxygens (including phenoxy) is 1. The molecule has 164 valence electrons. The number of aromatic nitrogens is 2. The number of hydrogen-bond donors (Lipinski definition) is 1. The van der Waals surface area contributed by atoms with Crippen molar-refractivity contribution in [3.05, 3.63) is 75.8 Å². The number of amides is 1. The minimum atomic E-state index is -0.811. The first kappa shape index (κ1) is 21.7. The van der Waals surface area contributed by atoms with Gasteiger partial charge in [-0.1, -0.05) is 41.2 Å². The highest BCUT2D eigenvalue weighted by Gasteiger charge is 2.48. The Labute approximate surface area is 190 Å². The maximum absolute atomic E-state index is 13.1. The highest BCUT2D eigenvalue weighted by atomic mass is 32.1. The summed E-state index contributed by atoms with van der Waals surface area (Å²) in [5.41, 5.74) is 2.18. The lowest BCUT2D eigenvalue weighted by atomic mass is 9.95. The second kappa shape index (κ2) is 8.55. The maximum Gasteiger partial charge on any atom is 0.301 e. The van der Waals surface area contributed by atoms with Gasteiger partial charge in [0.15, 0.2) is 0 Å². The van der Waals surface area contributed by atoms with Crippen LogP contribution in [-0.4, -0.2) is 33.1 Å². The number of nitrogens with zero attached hydrogens (tertiary/aromatic N) is 3. The van der Waals surface area contributed by atoms with E-state index in [-0.39, 0.29) is 17.4 Å². The second-order valence-corrected chi connectivity index (χ2v) is 9.03. The minimum absolute atomic E-state index is 0.0108. The SMILES string of the molecule is Cc1ccc([C@@H]2/C(=C(\O)c3ccc(OC(C)C)cc3)C(=O)C(=O)N2c2nnc(C)s2)cc1. The molecule has 1 saturated heterocycles. The maximum atomic E-state index is 13.1. The number of ketones is 1. The van der Waals surface area contributed by atoms with Gasteiger partial charge in [0, 0.05) is 5.56 Å². The molecule has 0 unspecified atom stereocenters. The highest BCUT2D eigenvalue weighted by molar-refractivity contribution is 7.15. The molecular formula is C24H23N3O4S. The number of hydrogen-bond acceptors (Lipinski definition) is 7. The Hall–Kier alpha value is -3.52. The van der Waals surface area contributed by atoms with Crippen molar-refractivity contribution in [2.24, 2.45) is 0 Å². The average molecular weight is 450 g/mol. The molecule has 3 aromatic rings. The zero-order valence-corrected chi connectivity index (χ0v) is 19.0. The topological polar surface area (TPSA) is 92.6 Å². The van der Waals surface area contributed by atoms with Gasteiger partial charge in [-0.2, -0.15) is 0 Å². The number of carbonyl (C=O) groups excluding carboxylic acids is 2. The molecule has 1 fully saturated rings. The van der Waals surface area contributed by atoms with Crippen LogP contribution in [0.25, 0.3) is 5.76 Å². The van der Waals surface area contributed by atoms with E-state index in [0.29, 0.717) is 27.0 Å². The molecule has 1 atom stereocenters. The van der Waals surface area contributed by atoms with Crippen LogP contribution >= 0.6 is 11.3 Å². The van der Waals surface area contributed by atoms with Crippen molar-refractivity contribution in [2.45, 2.75) is 39.8 Å². The molecule has 32 heavy (non-hydrogen) atoms. The standard InChI is InChI=1S/C24H23N3O4S/c1-13(2)31-18-11-9-17(10-12-18)21(28)19-20(16-7-5-14(3)6-8-16)27(23(30)22(19)29)24-26-25-15(4)32-24/h5-13,20,28H,1-4H3/b21-19+/t20-/m1/s1. The normalized spacial score (nSPS) is 17.9. The largest absolute Gasteiger partial charge is 0.507 e. The van der Waals surface area contributed by atoms with E-state index >= 15 is 0 Å². The smallest absolute Gasteiger partial charge is 0.301 e. The van der Waals surface area contributed by atoms with Crippen molar-refractivity contribution < 1.29 is 19.4 Å². The van der Waals surface area contributed by atoms with Crippen LogP contribution < -0.4 is 9.64 Å². The van der Waals surface area contributed by atoms with Crippen LogP contribution in [0, 0.1) is 13.8 Å². The van der Waals surface area contributed by atoms with Crippen molar-refractivity contribution in [3.8, 4) is 5.75 Å². The molecular weight excluding hydrogens is 426 g/mol. The van der Waals surface area contributed by atoms with Crippen LogP contribution in [0.4, 0.5) is 5.13 Å². The monoisotopic (exact) mass is 449 g/mol. The minimum Gasteiger partial charge on any atom is -0.507 e. The number of Topliss-reactive ketones (excluding diaryl/α,β-unsaturated/α-hetero) is 1. The molecule has 0 bridgehead atoms. The van der Waals surface area contributed by atoms with Gasteiger partial charge in [-0.15, -0.1) is 10.2 Å². The second-order valence-electron chi connectivity index (χ2n) is 7.87. The van der Waals surface area contributed by atoms with Gasteiger partial charge in [-0.25, -0.2) is 0 Å². The summed E-state index contributed by atoms with van der Waals surface area (Å²) in [6.07, 6.45) is 0.0108. The van der Waals surface area contributed by atoms with Gasteiger partial charge < -0.3 is 9.84 Å². The number of carbonyl (C=O) groups is 2. The first-order valence-electron chi connectivity index (χ1n) is 10.2. The molecule has 1 aliphatic heterocycles. The van der Waals surface area contributed by atoms with E-state index in [4.69, 9.17) is 4.74 Å². The fourth-order valence-corrected chi connectivity index (χ4v) is 4.31. The number of aliphatic hydroxyl groups excluding tert-OH is 1. The van der Waals surface area contributed by atoms with Crippen LogP contribution in [0.3, 0.4) is 0 Å². The van der Waals surface area contributed by atoms with Gasteiger partial charge in [-0.05, 0) is 57.5 Å². The summed E-state index contributed by atoms with van der Waals surface area (Å²) in [5, 5.41) is 20.2. The van der Waals surface area contributed by atoms with Crippen molar-refractivity contribution >= 4 is 33.9 Å². The van der Waals surface area contributed by atoms with Crippen LogP contribution in [0.1, 0.15) is 41.6 Å². The van der Waals surface area contributed by atoms with E-state index in [0.717, 1.165) is 5.56 Å². The molecule has 1 amide bonds. The van der Waals surface area contributed by atoms with Gasteiger partial charge in [0.1, 0.15) is 16.5 Å². The van der Waals surface area contributed by atoms with E-state index in [1.54, 1.807) is 31.2 Å². The van der Waals surface area contributed by atoms with Crippen molar-refractivity contribution in [1.29, 1.82) is 0 Å². The quantitative estimate of drug-likeness (QED) is 0.349. The first-order valence-corrected chi connectivity index (χ1v) is 11.0. The number of benzene rings is 2. The molecule has 1 aromatic heterocycles. The summed E-state index contributed by atoms with van der Waals surface area (Å²) in [4.78, 5) is 27.5. The summed E-state index contributed by atoms with van der Waals surface area (Å²) in [7, 11) is 0. The summed E-state index contributed by atoms with van der Waals surface area (Å²) >= 11 is 1.22. The van der Waals surface area contributed by atoms with Gasteiger partial charge in [0.2, 0.25) is 5.13 Å². The third kappa shape index (κ3) is 4.01. The summed E-state index contributed by atoms with van der Waals surface area (Å²) < 4.78 is 5.65. The van der Waals surface area contributed by atoms with Gasteiger partial charge in [0.25, 0.3) is 5.78 Å². The summed E-state index contributed by atoms with van der Waals surface area (Å²) in [5.74, 6) is -1.10. The van der Waals surface area contributed by atoms with E-state index in [9.17, 15) is 14.7 Å². The van der Waals surface area contributed by atoms with E-state index in [1.807, 2.05) is 45.0 Å². The van der Waals surface area contributed by atoms with Gasteiger partial charge >= 0.3 is 5.91 Å². The number of rotatable bonds is 5. The molecule has 2 aromatic carbocycles. The number of aliphatic hydroxyl groups is 1. The van der Waals surface area contributed by atoms with Crippen LogP contribution in [0.2, 0.25) is 0 Å². The Morgan fingerprint density at radius 3 is 2.25 bits per heavy atom. The van der Waals surface area contributed by atoms with E-state index in [2.05, 4.69) is 10.2 Å². The Kier molecular flexibility index (Phi) is 5.80. The number of aryl methyl sites for hydroxylation is 2. The van der Waals surface area contributed by atoms with Crippen LogP contribution in [0.15, 0.2) is 54.1 Å². The Balaban J connectivity index is 1.85. The zero-order valence-electron chi connectivity index (χ0n) is 18.2. The summed E-state index contributed by atoms with van der Waals surface area (Å²) in [6.45, 7) is 7.58. The third-order valence-electron chi connectivity index (χ3n) is 5.06. The number of anilines is 1. The highest BCUT2D eigenvalue weighted by Crippen LogP contribution is 2.43. The molecule has 8 heteroatoms. The van der Waals surface area contributed by atoms with Crippen molar-refractivity contribution in [3.63, 3.8) is 0 Å². The molecule has 7 nitrogen and oxygen atoms in total. The molecule has 2 heterocycles. The fraction of sp³-hybridized carbons (Fsp3) is 0.250. The predicted octanol–water partition coefficient (Wildman–Crippen LogP) is 4.57. The molecule has 1 N–H and O–H groups in total. The van der Waals surface area contributed by atoms with Crippen LogP contribution in [0.5, 0.6) is 5.75 Å². The Morgan fingerprint density at radius 2 is 1.69 bits per heavy atom. The van der Waals surface area contributed by atoms with E-state index in [1.165, 1.54) is 16.2 Å². The van der Waals surface area contributed by atoms with Gasteiger partial charge in [-0.3, -0.25) is 14.5 Å². The Bertz CT molecular complexity index is 1200.